The van der Waals surface area contributed by atoms with Crippen LogP contribution < -0.4 is 5.32 Å². The Morgan fingerprint density at radius 3 is 2.32 bits per heavy atom. The number of likely N-dealkylation sites (N-methyl/N-ethyl adjacent to an activating group) is 2. The van der Waals surface area contributed by atoms with Crippen LogP contribution in [0.25, 0.3) is 0 Å². The molecule has 0 heterocycles. The molecule has 0 aliphatic carbocycles. The van der Waals surface area contributed by atoms with Gasteiger partial charge in [0, 0.05) is 12.6 Å². The lowest BCUT2D eigenvalue weighted by Gasteiger charge is -2.24. The maximum Gasteiger partial charge on any atom is 0.416 e. The highest BCUT2D eigenvalue weighted by atomic mass is 19.4. The molecule has 0 spiro atoms. The Hall–Kier alpha value is -1.07. The standard InChI is InChI=1S/C14H21F3N2/c1-5-18-13(9-19(3)4)12-7-6-11(8-10(12)2)14(15,16)17/h6-8,13,18H,5,9H2,1-4H3. The topological polar surface area (TPSA) is 15.3 Å². The minimum Gasteiger partial charge on any atom is -0.309 e. The van der Waals surface area contributed by atoms with E-state index < -0.39 is 11.7 Å². The van der Waals surface area contributed by atoms with Gasteiger partial charge in [-0.05, 0) is 50.8 Å². The van der Waals surface area contributed by atoms with Gasteiger partial charge in [0.05, 0.1) is 5.56 Å². The fourth-order valence-electron chi connectivity index (χ4n) is 2.13. The van der Waals surface area contributed by atoms with Crippen LogP contribution in [0.3, 0.4) is 0 Å². The third-order valence-electron chi connectivity index (χ3n) is 2.97. The predicted octanol–water partition coefficient (Wildman–Crippen LogP) is 3.23. The molecule has 1 rings (SSSR count). The molecule has 108 valence electrons. The van der Waals surface area contributed by atoms with Crippen molar-refractivity contribution in [3.8, 4) is 0 Å². The van der Waals surface area contributed by atoms with Crippen molar-refractivity contribution in [2.24, 2.45) is 0 Å². The van der Waals surface area contributed by atoms with Gasteiger partial charge < -0.3 is 10.2 Å². The Morgan fingerprint density at radius 2 is 1.89 bits per heavy atom. The van der Waals surface area contributed by atoms with Gasteiger partial charge in [-0.25, -0.2) is 0 Å². The second-order valence-corrected chi connectivity index (χ2v) is 4.94. The summed E-state index contributed by atoms with van der Waals surface area (Å²) in [6.07, 6.45) is -4.28. The molecular weight excluding hydrogens is 253 g/mol. The smallest absolute Gasteiger partial charge is 0.309 e. The summed E-state index contributed by atoms with van der Waals surface area (Å²) in [7, 11) is 3.90. The van der Waals surface area contributed by atoms with Crippen molar-refractivity contribution >= 4 is 0 Å². The zero-order chi connectivity index (χ0) is 14.6. The summed E-state index contributed by atoms with van der Waals surface area (Å²) in [5.74, 6) is 0. The van der Waals surface area contributed by atoms with Gasteiger partial charge in [0.15, 0.2) is 0 Å². The summed E-state index contributed by atoms with van der Waals surface area (Å²) in [6.45, 7) is 5.24. The van der Waals surface area contributed by atoms with Crippen molar-refractivity contribution in [3.05, 3.63) is 34.9 Å². The first-order chi connectivity index (χ1) is 8.75. The summed E-state index contributed by atoms with van der Waals surface area (Å²) < 4.78 is 37.9. The zero-order valence-corrected chi connectivity index (χ0v) is 11.8. The molecule has 5 heteroatoms. The van der Waals surface area contributed by atoms with Crippen LogP contribution in [0.15, 0.2) is 18.2 Å². The van der Waals surface area contributed by atoms with Crippen molar-refractivity contribution < 1.29 is 13.2 Å². The number of alkyl halides is 3. The lowest BCUT2D eigenvalue weighted by atomic mass is 9.98. The summed E-state index contributed by atoms with van der Waals surface area (Å²) in [6, 6.07) is 3.99. The Labute approximate surface area is 112 Å². The Bertz CT molecular complexity index is 414. The number of aryl methyl sites for hydroxylation is 1. The molecule has 1 atom stereocenters. The van der Waals surface area contributed by atoms with Gasteiger partial charge in [-0.2, -0.15) is 13.2 Å². The highest BCUT2D eigenvalue weighted by Crippen LogP contribution is 2.31. The molecule has 2 nitrogen and oxygen atoms in total. The van der Waals surface area contributed by atoms with Gasteiger partial charge >= 0.3 is 6.18 Å². The van der Waals surface area contributed by atoms with Crippen molar-refractivity contribution in [2.75, 3.05) is 27.2 Å². The predicted molar refractivity (Wildman–Crippen MR) is 71.2 cm³/mol. The maximum atomic E-state index is 12.6. The lowest BCUT2D eigenvalue weighted by Crippen LogP contribution is -2.31. The molecule has 1 aromatic carbocycles. The molecule has 0 aliphatic rings. The van der Waals surface area contributed by atoms with E-state index >= 15 is 0 Å². The van der Waals surface area contributed by atoms with E-state index in [0.717, 1.165) is 24.7 Å². The number of nitrogens with one attached hydrogen (secondary N) is 1. The van der Waals surface area contributed by atoms with E-state index in [4.69, 9.17) is 0 Å². The Balaban J connectivity index is 3.04. The Kier molecular flexibility index (Phi) is 5.38. The molecule has 1 unspecified atom stereocenters. The first-order valence-corrected chi connectivity index (χ1v) is 6.31. The zero-order valence-electron chi connectivity index (χ0n) is 11.8. The molecule has 0 saturated heterocycles. The number of halogens is 3. The number of rotatable bonds is 5. The molecule has 0 amide bonds. The summed E-state index contributed by atoms with van der Waals surface area (Å²) in [5.41, 5.74) is 1.00. The van der Waals surface area contributed by atoms with Gasteiger partial charge in [0.25, 0.3) is 0 Å². The van der Waals surface area contributed by atoms with Gasteiger partial charge in [0.2, 0.25) is 0 Å². The molecule has 1 N–H and O–H groups in total. The van der Waals surface area contributed by atoms with Crippen LogP contribution in [0.4, 0.5) is 13.2 Å². The first-order valence-electron chi connectivity index (χ1n) is 6.31. The van der Waals surface area contributed by atoms with Crippen molar-refractivity contribution in [1.82, 2.24) is 10.2 Å². The van der Waals surface area contributed by atoms with Crippen LogP contribution in [0.2, 0.25) is 0 Å². The van der Waals surface area contributed by atoms with Crippen molar-refractivity contribution in [2.45, 2.75) is 26.1 Å². The summed E-state index contributed by atoms with van der Waals surface area (Å²) >= 11 is 0. The van der Waals surface area contributed by atoms with Crippen LogP contribution in [0, 0.1) is 6.92 Å². The molecule has 19 heavy (non-hydrogen) atoms. The highest BCUT2D eigenvalue weighted by Gasteiger charge is 2.31. The third-order valence-corrected chi connectivity index (χ3v) is 2.97. The van der Waals surface area contributed by atoms with E-state index in [-0.39, 0.29) is 6.04 Å². The average Bonchev–Trinajstić information content (AvgIpc) is 2.26. The largest absolute Gasteiger partial charge is 0.416 e. The highest BCUT2D eigenvalue weighted by molar-refractivity contribution is 5.34. The molecule has 0 aliphatic heterocycles. The van der Waals surface area contributed by atoms with Crippen LogP contribution in [0.1, 0.15) is 29.7 Å². The van der Waals surface area contributed by atoms with E-state index in [1.54, 1.807) is 13.0 Å². The average molecular weight is 274 g/mol. The fourth-order valence-corrected chi connectivity index (χ4v) is 2.13. The van der Waals surface area contributed by atoms with E-state index in [1.807, 2.05) is 25.9 Å². The first kappa shape index (κ1) is 16.0. The molecule has 0 bridgehead atoms. The summed E-state index contributed by atoms with van der Waals surface area (Å²) in [5, 5.41) is 3.31. The number of benzene rings is 1. The van der Waals surface area contributed by atoms with Crippen LogP contribution >= 0.6 is 0 Å². The van der Waals surface area contributed by atoms with Crippen molar-refractivity contribution in [3.63, 3.8) is 0 Å². The van der Waals surface area contributed by atoms with E-state index in [1.165, 1.54) is 6.07 Å². The van der Waals surface area contributed by atoms with Crippen LogP contribution in [-0.4, -0.2) is 32.1 Å². The van der Waals surface area contributed by atoms with Gasteiger partial charge in [-0.3, -0.25) is 0 Å². The minimum atomic E-state index is -4.28. The SMILES string of the molecule is CCNC(CN(C)C)c1ccc(C(F)(F)F)cc1C. The van der Waals surface area contributed by atoms with Crippen LogP contribution in [-0.2, 0) is 6.18 Å². The molecule has 0 aromatic heterocycles. The Morgan fingerprint density at radius 1 is 1.26 bits per heavy atom. The second kappa shape index (κ2) is 6.39. The third kappa shape index (κ3) is 4.51. The molecule has 0 fully saturated rings. The van der Waals surface area contributed by atoms with Gasteiger partial charge in [-0.15, -0.1) is 0 Å². The number of hydrogen-bond acceptors (Lipinski definition) is 2. The minimum absolute atomic E-state index is 0.0438. The fraction of sp³-hybridized carbons (Fsp3) is 0.571. The number of hydrogen-bond donors (Lipinski definition) is 1. The molecule has 0 radical (unpaired) electrons. The van der Waals surface area contributed by atoms with E-state index in [9.17, 15) is 13.2 Å². The monoisotopic (exact) mass is 274 g/mol. The van der Waals surface area contributed by atoms with Crippen molar-refractivity contribution in [1.29, 1.82) is 0 Å². The van der Waals surface area contributed by atoms with Crippen LogP contribution in [0.5, 0.6) is 0 Å². The maximum absolute atomic E-state index is 12.6. The normalized spacial score (nSPS) is 13.9. The number of nitrogens with zero attached hydrogens (tertiary/aromatic N) is 1. The van der Waals surface area contributed by atoms with E-state index in [0.29, 0.717) is 5.56 Å². The second-order valence-electron chi connectivity index (χ2n) is 4.94. The van der Waals surface area contributed by atoms with E-state index in [2.05, 4.69) is 5.32 Å². The van der Waals surface area contributed by atoms with Gasteiger partial charge in [0.1, 0.15) is 0 Å². The molecular formula is C14H21F3N2. The molecule has 1 aromatic rings. The van der Waals surface area contributed by atoms with Gasteiger partial charge in [-0.1, -0.05) is 13.0 Å². The lowest BCUT2D eigenvalue weighted by molar-refractivity contribution is -0.137. The quantitative estimate of drug-likeness (QED) is 0.887. The molecule has 0 saturated carbocycles. The summed E-state index contributed by atoms with van der Waals surface area (Å²) in [4.78, 5) is 2.02.